The van der Waals surface area contributed by atoms with E-state index >= 15 is 0 Å². The molecule has 1 aliphatic rings. The standard InChI is InChI=1S/C23H28N2O4/c1-17-4-6-18(7-5-17)15-25-16-19(14-22(25)26)23(27)24(2)12-13-29-21-10-8-20(28-3)9-11-21/h4-11,19H,12-16H2,1-3H3. The number of benzene rings is 2. The first kappa shape index (κ1) is 20.7. The van der Waals surface area contributed by atoms with Gasteiger partial charge in [0.2, 0.25) is 11.8 Å². The van der Waals surface area contributed by atoms with E-state index in [1.807, 2.05) is 55.5 Å². The fourth-order valence-electron chi connectivity index (χ4n) is 3.40. The molecule has 0 aromatic heterocycles. The molecule has 0 radical (unpaired) electrons. The largest absolute Gasteiger partial charge is 0.497 e. The van der Waals surface area contributed by atoms with Crippen LogP contribution in [0.3, 0.4) is 0 Å². The van der Waals surface area contributed by atoms with E-state index in [0.717, 1.165) is 17.1 Å². The van der Waals surface area contributed by atoms with Gasteiger partial charge in [-0.2, -0.15) is 0 Å². The SMILES string of the molecule is COc1ccc(OCCN(C)C(=O)C2CC(=O)N(Cc3ccc(C)cc3)C2)cc1. The van der Waals surface area contributed by atoms with E-state index in [1.54, 1.807) is 24.0 Å². The molecule has 6 nitrogen and oxygen atoms in total. The Labute approximate surface area is 172 Å². The Morgan fingerprint density at radius 1 is 1.10 bits per heavy atom. The molecule has 2 amide bonds. The van der Waals surface area contributed by atoms with Gasteiger partial charge < -0.3 is 19.3 Å². The van der Waals surface area contributed by atoms with Crippen molar-refractivity contribution in [1.29, 1.82) is 0 Å². The fraction of sp³-hybridized carbons (Fsp3) is 0.391. The van der Waals surface area contributed by atoms with Crippen molar-refractivity contribution in [3.63, 3.8) is 0 Å². The normalized spacial score (nSPS) is 16.0. The smallest absolute Gasteiger partial charge is 0.227 e. The molecular formula is C23H28N2O4. The zero-order valence-electron chi connectivity index (χ0n) is 17.3. The molecule has 0 N–H and O–H groups in total. The summed E-state index contributed by atoms with van der Waals surface area (Å²) in [5.74, 6) is 1.23. The van der Waals surface area contributed by atoms with Gasteiger partial charge in [0.1, 0.15) is 18.1 Å². The lowest BCUT2D eigenvalue weighted by atomic mass is 10.1. The average molecular weight is 396 g/mol. The number of amides is 2. The summed E-state index contributed by atoms with van der Waals surface area (Å²) in [5, 5.41) is 0. The van der Waals surface area contributed by atoms with Crippen molar-refractivity contribution < 1.29 is 19.1 Å². The van der Waals surface area contributed by atoms with E-state index in [0.29, 0.717) is 26.2 Å². The van der Waals surface area contributed by atoms with Gasteiger partial charge in [0.15, 0.2) is 0 Å². The number of carbonyl (C=O) groups is 2. The summed E-state index contributed by atoms with van der Waals surface area (Å²) in [6.45, 7) is 3.91. The maximum absolute atomic E-state index is 12.7. The van der Waals surface area contributed by atoms with Crippen LogP contribution in [0.4, 0.5) is 0 Å². The lowest BCUT2D eigenvalue weighted by molar-refractivity contribution is -0.134. The Bertz CT molecular complexity index is 833. The van der Waals surface area contributed by atoms with Crippen LogP contribution in [-0.4, -0.2) is 55.5 Å². The van der Waals surface area contributed by atoms with E-state index in [2.05, 4.69) is 0 Å². The van der Waals surface area contributed by atoms with Crippen molar-refractivity contribution in [2.24, 2.45) is 5.92 Å². The summed E-state index contributed by atoms with van der Waals surface area (Å²) in [7, 11) is 3.37. The maximum atomic E-state index is 12.7. The molecule has 2 aromatic rings. The topological polar surface area (TPSA) is 59.1 Å². The van der Waals surface area contributed by atoms with Gasteiger partial charge in [0.25, 0.3) is 0 Å². The van der Waals surface area contributed by atoms with Crippen LogP contribution in [0.25, 0.3) is 0 Å². The lowest BCUT2D eigenvalue weighted by Crippen LogP contribution is -2.37. The summed E-state index contributed by atoms with van der Waals surface area (Å²) < 4.78 is 10.8. The number of likely N-dealkylation sites (tertiary alicyclic amines) is 1. The number of methoxy groups -OCH3 is 1. The van der Waals surface area contributed by atoms with Crippen LogP contribution < -0.4 is 9.47 Å². The van der Waals surface area contributed by atoms with Gasteiger partial charge in [-0.3, -0.25) is 9.59 Å². The van der Waals surface area contributed by atoms with Crippen molar-refractivity contribution in [2.45, 2.75) is 19.9 Å². The molecule has 1 fully saturated rings. The number of carbonyl (C=O) groups excluding carboxylic acids is 2. The van der Waals surface area contributed by atoms with Crippen LogP contribution in [-0.2, 0) is 16.1 Å². The molecule has 1 aliphatic heterocycles. The second-order valence-electron chi connectivity index (χ2n) is 7.44. The highest BCUT2D eigenvalue weighted by molar-refractivity contribution is 5.89. The average Bonchev–Trinajstić information content (AvgIpc) is 3.09. The Morgan fingerprint density at radius 2 is 1.76 bits per heavy atom. The molecule has 0 spiro atoms. The van der Waals surface area contributed by atoms with Gasteiger partial charge in [-0.15, -0.1) is 0 Å². The predicted octanol–water partition coefficient (Wildman–Crippen LogP) is 2.89. The molecule has 0 bridgehead atoms. The highest BCUT2D eigenvalue weighted by Crippen LogP contribution is 2.22. The molecule has 1 heterocycles. The van der Waals surface area contributed by atoms with Gasteiger partial charge in [0.05, 0.1) is 19.6 Å². The quantitative estimate of drug-likeness (QED) is 0.688. The van der Waals surface area contributed by atoms with E-state index < -0.39 is 0 Å². The molecule has 154 valence electrons. The zero-order chi connectivity index (χ0) is 20.8. The molecule has 1 unspecified atom stereocenters. The third-order valence-corrected chi connectivity index (χ3v) is 5.19. The van der Waals surface area contributed by atoms with Crippen molar-refractivity contribution >= 4 is 11.8 Å². The number of hydrogen-bond acceptors (Lipinski definition) is 4. The van der Waals surface area contributed by atoms with Crippen molar-refractivity contribution in [3.05, 3.63) is 59.7 Å². The maximum Gasteiger partial charge on any atom is 0.227 e. The van der Waals surface area contributed by atoms with Gasteiger partial charge in [-0.25, -0.2) is 0 Å². The second-order valence-corrected chi connectivity index (χ2v) is 7.44. The van der Waals surface area contributed by atoms with Crippen molar-refractivity contribution in [2.75, 3.05) is 33.9 Å². The minimum absolute atomic E-state index is 0.0110. The molecule has 29 heavy (non-hydrogen) atoms. The highest BCUT2D eigenvalue weighted by Gasteiger charge is 2.35. The number of hydrogen-bond donors (Lipinski definition) is 0. The number of aryl methyl sites for hydroxylation is 1. The monoisotopic (exact) mass is 396 g/mol. The van der Waals surface area contributed by atoms with E-state index in [9.17, 15) is 9.59 Å². The van der Waals surface area contributed by atoms with E-state index in [1.165, 1.54) is 5.56 Å². The minimum atomic E-state index is -0.293. The molecule has 6 heteroatoms. The zero-order valence-corrected chi connectivity index (χ0v) is 17.3. The Kier molecular flexibility index (Phi) is 6.75. The van der Waals surface area contributed by atoms with Crippen LogP contribution in [0.15, 0.2) is 48.5 Å². The summed E-state index contributed by atoms with van der Waals surface area (Å²) in [4.78, 5) is 28.5. The molecule has 0 aliphatic carbocycles. The number of likely N-dealkylation sites (N-methyl/N-ethyl adjacent to an activating group) is 1. The number of rotatable bonds is 8. The first-order valence-corrected chi connectivity index (χ1v) is 9.81. The highest BCUT2D eigenvalue weighted by atomic mass is 16.5. The Hall–Kier alpha value is -3.02. The molecule has 2 aromatic carbocycles. The van der Waals surface area contributed by atoms with E-state index in [-0.39, 0.29) is 24.2 Å². The summed E-state index contributed by atoms with van der Waals surface area (Å²) >= 11 is 0. The first-order valence-electron chi connectivity index (χ1n) is 9.81. The third-order valence-electron chi connectivity index (χ3n) is 5.19. The van der Waals surface area contributed by atoms with Crippen LogP contribution in [0.5, 0.6) is 11.5 Å². The third kappa shape index (κ3) is 5.50. The summed E-state index contributed by atoms with van der Waals surface area (Å²) in [6.07, 6.45) is 0.272. The molecule has 1 saturated heterocycles. The lowest BCUT2D eigenvalue weighted by Gasteiger charge is -2.21. The van der Waals surface area contributed by atoms with E-state index in [4.69, 9.17) is 9.47 Å². The van der Waals surface area contributed by atoms with Crippen molar-refractivity contribution in [3.8, 4) is 11.5 Å². The van der Waals surface area contributed by atoms with Gasteiger partial charge in [-0.05, 0) is 36.8 Å². The molecule has 3 rings (SSSR count). The van der Waals surface area contributed by atoms with Crippen LogP contribution in [0, 0.1) is 12.8 Å². The molecule has 1 atom stereocenters. The van der Waals surface area contributed by atoms with Gasteiger partial charge in [0, 0.05) is 26.6 Å². The van der Waals surface area contributed by atoms with Gasteiger partial charge >= 0.3 is 0 Å². The summed E-state index contributed by atoms with van der Waals surface area (Å²) in [6, 6.07) is 15.5. The first-order chi connectivity index (χ1) is 14.0. The Morgan fingerprint density at radius 3 is 2.41 bits per heavy atom. The Balaban J connectivity index is 1.46. The summed E-state index contributed by atoms with van der Waals surface area (Å²) in [5.41, 5.74) is 2.27. The van der Waals surface area contributed by atoms with Crippen molar-refractivity contribution in [1.82, 2.24) is 9.80 Å². The predicted molar refractivity (Wildman–Crippen MR) is 111 cm³/mol. The molecular weight excluding hydrogens is 368 g/mol. The molecule has 0 saturated carbocycles. The fourth-order valence-corrected chi connectivity index (χ4v) is 3.40. The minimum Gasteiger partial charge on any atom is -0.497 e. The van der Waals surface area contributed by atoms with Crippen LogP contribution in [0.2, 0.25) is 0 Å². The number of ether oxygens (including phenoxy) is 2. The van der Waals surface area contributed by atoms with Crippen LogP contribution >= 0.6 is 0 Å². The number of nitrogens with zero attached hydrogens (tertiary/aromatic N) is 2. The van der Waals surface area contributed by atoms with Crippen LogP contribution in [0.1, 0.15) is 17.5 Å². The van der Waals surface area contributed by atoms with Gasteiger partial charge in [-0.1, -0.05) is 29.8 Å². The second kappa shape index (κ2) is 9.45.